The lowest BCUT2D eigenvalue weighted by Crippen LogP contribution is -3.11. The number of aromatic nitrogens is 2. The van der Waals surface area contributed by atoms with Gasteiger partial charge in [0.1, 0.15) is 0 Å². The molecule has 0 aliphatic carbocycles. The topological polar surface area (TPSA) is 68.4 Å². The van der Waals surface area contributed by atoms with Gasteiger partial charge in [-0.25, -0.2) is 4.98 Å². The Morgan fingerprint density at radius 3 is 2.50 bits per heavy atom. The summed E-state index contributed by atoms with van der Waals surface area (Å²) in [5, 5.41) is 4.10. The van der Waals surface area contributed by atoms with Crippen molar-refractivity contribution in [1.82, 2.24) is 9.55 Å². The van der Waals surface area contributed by atoms with Crippen LogP contribution in [0.2, 0.25) is 0 Å². The zero-order chi connectivity index (χ0) is 21.5. The van der Waals surface area contributed by atoms with E-state index in [0.29, 0.717) is 22.6 Å². The number of anilines is 1. The second-order valence-corrected chi connectivity index (χ2v) is 8.22. The zero-order valence-electron chi connectivity index (χ0n) is 17.8. The Balaban J connectivity index is 1.80. The average Bonchev–Trinajstić information content (AvgIpc) is 2.76. The highest BCUT2D eigenvalue weighted by Gasteiger charge is 2.15. The van der Waals surface area contributed by atoms with Crippen LogP contribution in [-0.4, -0.2) is 40.8 Å². The second-order valence-electron chi connectivity index (χ2n) is 7.28. The molecule has 0 aliphatic heterocycles. The summed E-state index contributed by atoms with van der Waals surface area (Å²) in [5.74, 6) is 0.0729. The van der Waals surface area contributed by atoms with E-state index in [2.05, 4.69) is 19.2 Å². The van der Waals surface area contributed by atoms with Crippen molar-refractivity contribution in [3.8, 4) is 0 Å². The van der Waals surface area contributed by atoms with Gasteiger partial charge in [-0.15, -0.1) is 0 Å². The molecule has 3 aromatic rings. The van der Waals surface area contributed by atoms with Crippen molar-refractivity contribution in [2.24, 2.45) is 0 Å². The predicted octanol–water partition coefficient (Wildman–Crippen LogP) is 2.36. The molecule has 0 saturated heterocycles. The molecule has 30 heavy (non-hydrogen) atoms. The van der Waals surface area contributed by atoms with E-state index in [1.165, 1.54) is 16.7 Å². The number of para-hydroxylation sites is 1. The maximum Gasteiger partial charge on any atom is 0.262 e. The minimum Gasteiger partial charge on any atom is -0.334 e. The Hall–Kier alpha value is -2.64. The van der Waals surface area contributed by atoms with Crippen LogP contribution in [0.3, 0.4) is 0 Å². The molecule has 7 heteroatoms. The second kappa shape index (κ2) is 10.4. The molecule has 0 fully saturated rings. The first kappa shape index (κ1) is 22.1. The van der Waals surface area contributed by atoms with Gasteiger partial charge in [-0.1, -0.05) is 41.6 Å². The molecule has 0 unspecified atom stereocenters. The van der Waals surface area contributed by atoms with Crippen molar-refractivity contribution in [3.63, 3.8) is 0 Å². The fourth-order valence-electron chi connectivity index (χ4n) is 3.29. The van der Waals surface area contributed by atoms with Crippen molar-refractivity contribution in [3.05, 3.63) is 64.4 Å². The van der Waals surface area contributed by atoms with E-state index in [0.717, 1.165) is 30.9 Å². The van der Waals surface area contributed by atoms with Crippen LogP contribution in [0.5, 0.6) is 0 Å². The van der Waals surface area contributed by atoms with Gasteiger partial charge in [0.05, 0.1) is 42.8 Å². The molecule has 0 atom stereocenters. The van der Waals surface area contributed by atoms with Crippen molar-refractivity contribution < 1.29 is 9.69 Å². The van der Waals surface area contributed by atoms with Gasteiger partial charge in [-0.3, -0.25) is 14.2 Å². The number of hydrogen-bond donors (Lipinski definition) is 2. The van der Waals surface area contributed by atoms with Gasteiger partial charge in [0.15, 0.2) is 5.16 Å². The van der Waals surface area contributed by atoms with Gasteiger partial charge in [-0.05, 0) is 45.0 Å². The number of rotatable bonds is 9. The standard InChI is InChI=1S/C23H28N4O2S/c1-4-26(5-2)14-15-27-22(29)19-8-6-7-9-20(19)25-23(27)30-16-21(28)24-18-12-10-17(3)11-13-18/h6-13H,4-5,14-16H2,1-3H3,(H,24,28)/p+1. The minimum atomic E-state index is -0.118. The van der Waals surface area contributed by atoms with Gasteiger partial charge in [0.25, 0.3) is 5.56 Å². The summed E-state index contributed by atoms with van der Waals surface area (Å²) in [5.41, 5.74) is 2.52. The quantitative estimate of drug-likeness (QED) is 0.408. The van der Waals surface area contributed by atoms with E-state index in [4.69, 9.17) is 4.98 Å². The summed E-state index contributed by atoms with van der Waals surface area (Å²) in [7, 11) is 0. The van der Waals surface area contributed by atoms with Crippen molar-refractivity contribution in [2.75, 3.05) is 30.7 Å². The van der Waals surface area contributed by atoms with Gasteiger partial charge in [-0.2, -0.15) is 0 Å². The number of nitrogens with zero attached hydrogens (tertiary/aromatic N) is 2. The van der Waals surface area contributed by atoms with E-state index in [9.17, 15) is 9.59 Å². The van der Waals surface area contributed by atoms with Gasteiger partial charge in [0, 0.05) is 5.69 Å². The third kappa shape index (κ3) is 5.49. The Bertz CT molecular complexity index is 1060. The molecule has 0 radical (unpaired) electrons. The summed E-state index contributed by atoms with van der Waals surface area (Å²) in [6.07, 6.45) is 0. The summed E-state index contributed by atoms with van der Waals surface area (Å²) in [6, 6.07) is 15.1. The molecular formula is C23H29N4O2S+. The number of fused-ring (bicyclic) bond motifs is 1. The Morgan fingerprint density at radius 2 is 1.80 bits per heavy atom. The highest BCUT2D eigenvalue weighted by Crippen LogP contribution is 2.18. The largest absolute Gasteiger partial charge is 0.334 e. The molecule has 1 amide bonds. The lowest BCUT2D eigenvalue weighted by Gasteiger charge is -2.18. The Labute approximate surface area is 181 Å². The molecule has 158 valence electrons. The SMILES string of the molecule is CC[NH+](CC)CCn1c(SCC(=O)Nc2ccc(C)cc2)nc2ccccc2c1=O. The molecule has 0 saturated carbocycles. The number of quaternary nitrogens is 1. The van der Waals surface area contributed by atoms with Gasteiger partial charge >= 0.3 is 0 Å². The summed E-state index contributed by atoms with van der Waals surface area (Å²) in [4.78, 5) is 31.7. The first-order chi connectivity index (χ1) is 14.5. The molecule has 0 spiro atoms. The maximum absolute atomic E-state index is 13.1. The van der Waals surface area contributed by atoms with E-state index >= 15 is 0 Å². The van der Waals surface area contributed by atoms with E-state index in [1.807, 2.05) is 55.5 Å². The van der Waals surface area contributed by atoms with Crippen LogP contribution in [0, 0.1) is 6.92 Å². The number of carbonyl (C=O) groups excluding carboxylic acids is 1. The van der Waals surface area contributed by atoms with Gasteiger partial charge in [0.2, 0.25) is 5.91 Å². The van der Waals surface area contributed by atoms with Crippen LogP contribution >= 0.6 is 11.8 Å². The zero-order valence-corrected chi connectivity index (χ0v) is 18.6. The smallest absolute Gasteiger partial charge is 0.262 e. The third-order valence-electron chi connectivity index (χ3n) is 5.18. The molecular weight excluding hydrogens is 396 g/mol. The number of aryl methyl sites for hydroxylation is 1. The third-order valence-corrected chi connectivity index (χ3v) is 6.16. The number of carbonyl (C=O) groups is 1. The number of thioether (sulfide) groups is 1. The van der Waals surface area contributed by atoms with E-state index in [-0.39, 0.29) is 17.2 Å². The fraction of sp³-hybridized carbons (Fsp3) is 0.348. The lowest BCUT2D eigenvalue weighted by atomic mass is 10.2. The lowest BCUT2D eigenvalue weighted by molar-refractivity contribution is -0.897. The van der Waals surface area contributed by atoms with Crippen molar-refractivity contribution in [2.45, 2.75) is 32.5 Å². The molecule has 1 heterocycles. The molecule has 3 rings (SSSR count). The van der Waals surface area contributed by atoms with Crippen molar-refractivity contribution >= 4 is 34.3 Å². The molecule has 2 aromatic carbocycles. The molecule has 1 aromatic heterocycles. The highest BCUT2D eigenvalue weighted by atomic mass is 32.2. The van der Waals surface area contributed by atoms with Crippen LogP contribution in [0.4, 0.5) is 5.69 Å². The van der Waals surface area contributed by atoms with Crippen LogP contribution in [0.25, 0.3) is 10.9 Å². The monoisotopic (exact) mass is 425 g/mol. The average molecular weight is 426 g/mol. The molecule has 0 aliphatic rings. The van der Waals surface area contributed by atoms with E-state index < -0.39 is 0 Å². The highest BCUT2D eigenvalue weighted by molar-refractivity contribution is 7.99. The summed E-state index contributed by atoms with van der Waals surface area (Å²) >= 11 is 1.30. The number of benzene rings is 2. The first-order valence-corrected chi connectivity index (χ1v) is 11.3. The molecule has 6 nitrogen and oxygen atoms in total. The molecule has 2 N–H and O–H groups in total. The predicted molar refractivity (Wildman–Crippen MR) is 123 cm³/mol. The summed E-state index contributed by atoms with van der Waals surface area (Å²) < 4.78 is 1.72. The number of hydrogen-bond acceptors (Lipinski definition) is 4. The first-order valence-electron chi connectivity index (χ1n) is 10.3. The number of amides is 1. The molecule has 0 bridgehead atoms. The van der Waals surface area contributed by atoms with Crippen LogP contribution in [0.15, 0.2) is 58.5 Å². The Morgan fingerprint density at radius 1 is 1.10 bits per heavy atom. The van der Waals surface area contributed by atoms with E-state index in [1.54, 1.807) is 4.57 Å². The van der Waals surface area contributed by atoms with Crippen LogP contribution in [-0.2, 0) is 11.3 Å². The summed E-state index contributed by atoms with van der Waals surface area (Å²) in [6.45, 7) is 9.73. The fourth-order valence-corrected chi connectivity index (χ4v) is 4.12. The Kier molecular flexibility index (Phi) is 7.65. The van der Waals surface area contributed by atoms with Gasteiger partial charge < -0.3 is 10.2 Å². The maximum atomic E-state index is 13.1. The number of nitrogens with one attached hydrogen (secondary N) is 2. The van der Waals surface area contributed by atoms with Crippen LogP contribution in [0.1, 0.15) is 19.4 Å². The van der Waals surface area contributed by atoms with Crippen molar-refractivity contribution in [1.29, 1.82) is 0 Å². The number of likely N-dealkylation sites (N-methyl/N-ethyl adjacent to an activating group) is 1. The normalized spacial score (nSPS) is 11.2. The van der Waals surface area contributed by atoms with Crippen LogP contribution < -0.4 is 15.8 Å². The minimum absolute atomic E-state index is 0.0476.